The fraction of sp³-hybridized carbons (Fsp3) is 0.211. The molecule has 0 saturated heterocycles. The summed E-state index contributed by atoms with van der Waals surface area (Å²) in [6.07, 6.45) is 5.81. The van der Waals surface area contributed by atoms with E-state index in [1.165, 1.54) is 22.3 Å². The van der Waals surface area contributed by atoms with Gasteiger partial charge >= 0.3 is 0 Å². The number of hydrogen-bond donors (Lipinski definition) is 1. The van der Waals surface area contributed by atoms with Crippen molar-refractivity contribution in [3.63, 3.8) is 0 Å². The third kappa shape index (κ3) is 3.05. The van der Waals surface area contributed by atoms with Gasteiger partial charge in [0.2, 0.25) is 0 Å². The Morgan fingerprint density at radius 1 is 0.810 bits per heavy atom. The van der Waals surface area contributed by atoms with Crippen LogP contribution in [0.3, 0.4) is 0 Å². The topological polar surface area (TPSA) is 24.4 Å². The van der Waals surface area contributed by atoms with E-state index >= 15 is 0 Å². The predicted molar refractivity (Wildman–Crippen MR) is 88.6 cm³/mol. The molecular formula is C19H20N2. The Labute approximate surface area is 126 Å². The highest BCUT2D eigenvalue weighted by molar-refractivity contribution is 5.71. The van der Waals surface area contributed by atoms with Crippen LogP contribution in [0.5, 0.6) is 0 Å². The molecule has 0 aliphatic carbocycles. The van der Waals surface area contributed by atoms with Gasteiger partial charge in [0.05, 0.1) is 12.1 Å². The largest absolute Gasteiger partial charge is 0.382 e. The van der Waals surface area contributed by atoms with Gasteiger partial charge in [-0.05, 0) is 37.3 Å². The number of rotatable bonds is 2. The van der Waals surface area contributed by atoms with Gasteiger partial charge in [-0.3, -0.25) is 4.99 Å². The number of allylic oxidation sites excluding steroid dienone is 1. The summed E-state index contributed by atoms with van der Waals surface area (Å²) in [6, 6.07) is 17.6. The third-order valence-corrected chi connectivity index (χ3v) is 3.88. The van der Waals surface area contributed by atoms with Crippen LogP contribution in [0.15, 0.2) is 65.8 Å². The molecule has 1 aliphatic heterocycles. The van der Waals surface area contributed by atoms with E-state index in [1.54, 1.807) is 0 Å². The second-order valence-electron chi connectivity index (χ2n) is 5.57. The number of nitrogens with zero attached hydrogens (tertiary/aromatic N) is 1. The van der Waals surface area contributed by atoms with Crippen LogP contribution in [0, 0.1) is 13.8 Å². The zero-order valence-corrected chi connectivity index (χ0v) is 12.5. The molecule has 3 rings (SSSR count). The van der Waals surface area contributed by atoms with E-state index in [0.29, 0.717) is 0 Å². The number of aryl methyl sites for hydroxylation is 2. The van der Waals surface area contributed by atoms with Gasteiger partial charge in [0.1, 0.15) is 0 Å². The van der Waals surface area contributed by atoms with E-state index < -0.39 is 0 Å². The summed E-state index contributed by atoms with van der Waals surface area (Å²) < 4.78 is 0. The maximum atomic E-state index is 4.73. The van der Waals surface area contributed by atoms with Gasteiger partial charge in [-0.25, -0.2) is 0 Å². The monoisotopic (exact) mass is 276 g/mol. The lowest BCUT2D eigenvalue weighted by Gasteiger charge is -2.24. The van der Waals surface area contributed by atoms with Crippen molar-refractivity contribution in [2.24, 2.45) is 4.99 Å². The van der Waals surface area contributed by atoms with Crippen LogP contribution in [0.4, 0.5) is 0 Å². The van der Waals surface area contributed by atoms with E-state index in [9.17, 15) is 0 Å². The fourth-order valence-corrected chi connectivity index (χ4v) is 2.62. The molecular weight excluding hydrogens is 256 g/mol. The molecule has 0 amide bonds. The average Bonchev–Trinajstić information content (AvgIpc) is 2.75. The zero-order valence-electron chi connectivity index (χ0n) is 12.5. The highest BCUT2D eigenvalue weighted by Gasteiger charge is 2.23. The minimum Gasteiger partial charge on any atom is -0.382 e. The summed E-state index contributed by atoms with van der Waals surface area (Å²) in [5.41, 5.74) is 5.04. The molecule has 0 fully saturated rings. The van der Waals surface area contributed by atoms with Gasteiger partial charge in [0.25, 0.3) is 0 Å². The van der Waals surface area contributed by atoms with E-state index in [2.05, 4.69) is 67.7 Å². The molecule has 0 spiro atoms. The second kappa shape index (κ2) is 5.96. The van der Waals surface area contributed by atoms with Crippen molar-refractivity contribution in [3.8, 4) is 0 Å². The lowest BCUT2D eigenvalue weighted by atomic mass is 9.93. The van der Waals surface area contributed by atoms with Gasteiger partial charge < -0.3 is 5.32 Å². The van der Waals surface area contributed by atoms with Crippen molar-refractivity contribution in [1.29, 1.82) is 0 Å². The predicted octanol–water partition coefficient (Wildman–Crippen LogP) is 4.27. The van der Waals surface area contributed by atoms with Crippen molar-refractivity contribution in [3.05, 3.63) is 83.1 Å². The van der Waals surface area contributed by atoms with Crippen LogP contribution < -0.4 is 5.32 Å². The van der Waals surface area contributed by atoms with E-state index in [0.717, 1.165) is 0 Å². The summed E-state index contributed by atoms with van der Waals surface area (Å²) in [6.45, 7) is 4.22. The maximum absolute atomic E-state index is 4.73. The minimum absolute atomic E-state index is 0.0864. The lowest BCUT2D eigenvalue weighted by Crippen LogP contribution is -2.21. The van der Waals surface area contributed by atoms with Crippen LogP contribution in [-0.2, 0) is 0 Å². The van der Waals surface area contributed by atoms with E-state index in [-0.39, 0.29) is 12.1 Å². The molecule has 2 heteroatoms. The highest BCUT2D eigenvalue weighted by Crippen LogP contribution is 2.33. The van der Waals surface area contributed by atoms with Gasteiger partial charge in [0.15, 0.2) is 0 Å². The molecule has 21 heavy (non-hydrogen) atoms. The Hall–Kier alpha value is -2.35. The van der Waals surface area contributed by atoms with Crippen molar-refractivity contribution >= 4 is 6.21 Å². The van der Waals surface area contributed by atoms with Gasteiger partial charge in [-0.15, -0.1) is 0 Å². The smallest absolute Gasteiger partial charge is 0.0991 e. The summed E-state index contributed by atoms with van der Waals surface area (Å²) in [5.74, 6) is 0. The molecule has 2 aromatic carbocycles. The molecule has 1 N–H and O–H groups in total. The molecule has 0 bridgehead atoms. The molecule has 0 radical (unpaired) electrons. The van der Waals surface area contributed by atoms with Gasteiger partial charge in [0, 0.05) is 6.21 Å². The van der Waals surface area contributed by atoms with Crippen molar-refractivity contribution < 1.29 is 0 Å². The summed E-state index contributed by atoms with van der Waals surface area (Å²) in [5, 5.41) is 3.47. The Balaban J connectivity index is 1.98. The quantitative estimate of drug-likeness (QED) is 0.870. The molecule has 1 aliphatic rings. The minimum atomic E-state index is 0.0864. The Bertz CT molecular complexity index is 651. The SMILES string of the molecule is Cc1ccc([C@H]2N=CC=CN[C@H]2c2ccc(C)cc2)cc1. The average molecular weight is 276 g/mol. The Morgan fingerprint density at radius 2 is 1.38 bits per heavy atom. The summed E-state index contributed by atoms with van der Waals surface area (Å²) >= 11 is 0. The van der Waals surface area contributed by atoms with Crippen LogP contribution in [0.1, 0.15) is 34.3 Å². The molecule has 0 saturated carbocycles. The van der Waals surface area contributed by atoms with Gasteiger partial charge in [-0.2, -0.15) is 0 Å². The molecule has 0 unspecified atom stereocenters. The molecule has 2 atom stereocenters. The first kappa shape index (κ1) is 13.6. The first-order valence-corrected chi connectivity index (χ1v) is 7.31. The van der Waals surface area contributed by atoms with Crippen molar-refractivity contribution in [2.45, 2.75) is 25.9 Å². The van der Waals surface area contributed by atoms with Crippen LogP contribution in [0.2, 0.25) is 0 Å². The first-order valence-electron chi connectivity index (χ1n) is 7.31. The van der Waals surface area contributed by atoms with Crippen molar-refractivity contribution in [2.75, 3.05) is 0 Å². The Kier molecular flexibility index (Phi) is 3.87. The summed E-state index contributed by atoms with van der Waals surface area (Å²) in [7, 11) is 0. The lowest BCUT2D eigenvalue weighted by molar-refractivity contribution is 0.516. The highest BCUT2D eigenvalue weighted by atomic mass is 15.0. The third-order valence-electron chi connectivity index (χ3n) is 3.88. The van der Waals surface area contributed by atoms with E-state index in [1.807, 2.05) is 18.5 Å². The molecule has 2 aromatic rings. The molecule has 2 nitrogen and oxygen atoms in total. The standard InChI is InChI=1S/C19H20N2/c1-14-4-8-16(9-5-14)18-19(21-13-3-12-20-18)17-10-6-15(2)7-11-17/h3-13,18-20H,1-2H3/t18-,19+/m0/s1. The number of aliphatic imine (C=N–C) groups is 1. The number of hydrogen-bond acceptors (Lipinski definition) is 2. The maximum Gasteiger partial charge on any atom is 0.0991 e. The van der Waals surface area contributed by atoms with Crippen LogP contribution >= 0.6 is 0 Å². The van der Waals surface area contributed by atoms with Gasteiger partial charge in [-0.1, -0.05) is 59.7 Å². The normalized spacial score (nSPS) is 20.9. The first-order chi connectivity index (χ1) is 10.2. The van der Waals surface area contributed by atoms with Crippen LogP contribution in [-0.4, -0.2) is 6.21 Å². The zero-order chi connectivity index (χ0) is 14.7. The molecule has 106 valence electrons. The van der Waals surface area contributed by atoms with Crippen LogP contribution in [0.25, 0.3) is 0 Å². The summed E-state index contributed by atoms with van der Waals surface area (Å²) in [4.78, 5) is 4.73. The fourth-order valence-electron chi connectivity index (χ4n) is 2.62. The number of nitrogens with one attached hydrogen (secondary N) is 1. The Morgan fingerprint density at radius 3 is 2.00 bits per heavy atom. The molecule has 0 aromatic heterocycles. The number of benzene rings is 2. The molecule has 1 heterocycles. The van der Waals surface area contributed by atoms with E-state index in [4.69, 9.17) is 4.99 Å². The van der Waals surface area contributed by atoms with Crippen molar-refractivity contribution in [1.82, 2.24) is 5.32 Å². The second-order valence-corrected chi connectivity index (χ2v) is 5.57.